The van der Waals surface area contributed by atoms with Crippen LogP contribution < -0.4 is 10.5 Å². The Hall–Kier alpha value is -0.910. The number of carbonyl (C=O) groups is 1. The van der Waals surface area contributed by atoms with Crippen LogP contribution in [-0.2, 0) is 4.79 Å². The lowest BCUT2D eigenvalue weighted by molar-refractivity contribution is -0.131. The summed E-state index contributed by atoms with van der Waals surface area (Å²) in [6.07, 6.45) is 3.53. The van der Waals surface area contributed by atoms with Gasteiger partial charge in [0.15, 0.2) is 0 Å². The number of rotatable bonds is 6. The first-order chi connectivity index (χ1) is 10.1. The van der Waals surface area contributed by atoms with Crippen molar-refractivity contribution in [2.75, 3.05) is 25.1 Å². The number of para-hydroxylation sites is 1. The Morgan fingerprint density at radius 3 is 3.05 bits per heavy atom. The number of likely N-dealkylation sites (tertiary alicyclic amines) is 1. The molecule has 116 valence electrons. The lowest BCUT2D eigenvalue weighted by Crippen LogP contribution is -2.43. The molecule has 1 unspecified atom stereocenters. The summed E-state index contributed by atoms with van der Waals surface area (Å²) >= 11 is 7.79. The van der Waals surface area contributed by atoms with Gasteiger partial charge < -0.3 is 15.4 Å². The maximum atomic E-state index is 12.2. The highest BCUT2D eigenvalue weighted by atomic mass is 35.5. The Morgan fingerprint density at radius 2 is 2.33 bits per heavy atom. The Bertz CT molecular complexity index is 486. The number of nitrogens with zero attached hydrogens (tertiary/aromatic N) is 1. The second kappa shape index (κ2) is 7.92. The summed E-state index contributed by atoms with van der Waals surface area (Å²) in [5.74, 6) is 1.60. The van der Waals surface area contributed by atoms with E-state index < -0.39 is 6.04 Å². The first kappa shape index (κ1) is 16.5. The van der Waals surface area contributed by atoms with Gasteiger partial charge in [-0.1, -0.05) is 23.7 Å². The van der Waals surface area contributed by atoms with Crippen molar-refractivity contribution in [3.63, 3.8) is 0 Å². The number of hydrogen-bond acceptors (Lipinski definition) is 4. The average molecular weight is 329 g/mol. The predicted octanol–water partition coefficient (Wildman–Crippen LogP) is 2.40. The van der Waals surface area contributed by atoms with Gasteiger partial charge in [-0.3, -0.25) is 4.79 Å². The van der Waals surface area contributed by atoms with Crippen LogP contribution in [0, 0.1) is 0 Å². The third-order valence-electron chi connectivity index (χ3n) is 3.54. The van der Waals surface area contributed by atoms with Gasteiger partial charge in [0.2, 0.25) is 5.91 Å². The van der Waals surface area contributed by atoms with Crippen LogP contribution in [-0.4, -0.2) is 48.1 Å². The molecule has 0 radical (unpaired) electrons. The van der Waals surface area contributed by atoms with Crippen LogP contribution in [0.1, 0.15) is 12.8 Å². The van der Waals surface area contributed by atoms with E-state index in [9.17, 15) is 4.79 Å². The van der Waals surface area contributed by atoms with Crippen LogP contribution in [0.4, 0.5) is 0 Å². The van der Waals surface area contributed by atoms with Gasteiger partial charge in [-0.05, 0) is 30.6 Å². The van der Waals surface area contributed by atoms with Crippen LogP contribution in [0.3, 0.4) is 0 Å². The molecule has 0 aliphatic carbocycles. The number of amides is 1. The van der Waals surface area contributed by atoms with E-state index in [1.807, 2.05) is 24.5 Å². The molecule has 1 aromatic carbocycles. The zero-order valence-corrected chi connectivity index (χ0v) is 13.7. The van der Waals surface area contributed by atoms with E-state index in [2.05, 4.69) is 0 Å². The fourth-order valence-electron chi connectivity index (χ4n) is 2.35. The molecule has 1 amide bonds. The molecule has 1 aliphatic rings. The number of hydrogen-bond donors (Lipinski definition) is 1. The molecular weight excluding hydrogens is 308 g/mol. The topological polar surface area (TPSA) is 55.6 Å². The zero-order chi connectivity index (χ0) is 15.2. The normalized spacial score (nSPS) is 19.6. The molecule has 1 aromatic rings. The lowest BCUT2D eigenvalue weighted by Gasteiger charge is -2.21. The zero-order valence-electron chi connectivity index (χ0n) is 12.1. The lowest BCUT2D eigenvalue weighted by atomic mass is 10.2. The summed E-state index contributed by atoms with van der Waals surface area (Å²) in [4.78, 5) is 14.0. The number of carbonyl (C=O) groups excluding carboxylic acids is 1. The molecule has 21 heavy (non-hydrogen) atoms. The third-order valence-corrected chi connectivity index (χ3v) is 4.49. The van der Waals surface area contributed by atoms with Gasteiger partial charge >= 0.3 is 0 Å². The van der Waals surface area contributed by atoms with E-state index in [1.165, 1.54) is 0 Å². The van der Waals surface area contributed by atoms with Crippen molar-refractivity contribution in [1.82, 2.24) is 4.90 Å². The summed E-state index contributed by atoms with van der Waals surface area (Å²) in [7, 11) is 0. The molecule has 2 atom stereocenters. The number of ether oxygens (including phenoxy) is 1. The molecule has 1 fully saturated rings. The smallest absolute Gasteiger partial charge is 0.239 e. The molecule has 4 nitrogen and oxygen atoms in total. The van der Waals surface area contributed by atoms with Crippen molar-refractivity contribution < 1.29 is 9.53 Å². The first-order valence-corrected chi connectivity index (χ1v) is 8.83. The van der Waals surface area contributed by atoms with Gasteiger partial charge in [0.25, 0.3) is 0 Å². The van der Waals surface area contributed by atoms with Gasteiger partial charge in [0.1, 0.15) is 11.9 Å². The van der Waals surface area contributed by atoms with Crippen LogP contribution in [0.2, 0.25) is 5.02 Å². The van der Waals surface area contributed by atoms with Crippen molar-refractivity contribution in [3.8, 4) is 5.75 Å². The summed E-state index contributed by atoms with van der Waals surface area (Å²) in [6.45, 7) is 1.28. The molecule has 1 saturated heterocycles. The van der Waals surface area contributed by atoms with Gasteiger partial charge in [-0.2, -0.15) is 11.8 Å². The highest BCUT2D eigenvalue weighted by Gasteiger charge is 2.30. The van der Waals surface area contributed by atoms with E-state index in [-0.39, 0.29) is 12.0 Å². The fourth-order valence-corrected chi connectivity index (χ4v) is 3.02. The Labute approximate surface area is 135 Å². The van der Waals surface area contributed by atoms with E-state index in [1.54, 1.807) is 22.7 Å². The van der Waals surface area contributed by atoms with Crippen molar-refractivity contribution >= 4 is 29.3 Å². The van der Waals surface area contributed by atoms with E-state index in [0.29, 0.717) is 30.3 Å². The van der Waals surface area contributed by atoms with E-state index in [4.69, 9.17) is 22.1 Å². The minimum absolute atomic E-state index is 0.0124. The molecule has 0 aromatic heterocycles. The van der Waals surface area contributed by atoms with Crippen molar-refractivity contribution in [1.29, 1.82) is 0 Å². The second-order valence-corrected chi connectivity index (χ2v) is 6.52. The van der Waals surface area contributed by atoms with E-state index >= 15 is 0 Å². The third kappa shape index (κ3) is 4.53. The average Bonchev–Trinajstić information content (AvgIpc) is 2.95. The number of benzene rings is 1. The molecule has 0 saturated carbocycles. The highest BCUT2D eigenvalue weighted by molar-refractivity contribution is 7.98. The minimum atomic E-state index is -0.406. The molecule has 2 N–H and O–H groups in total. The summed E-state index contributed by atoms with van der Waals surface area (Å²) < 4.78 is 5.88. The number of halogens is 1. The van der Waals surface area contributed by atoms with Crippen molar-refractivity contribution in [2.24, 2.45) is 5.73 Å². The fraction of sp³-hybridized carbons (Fsp3) is 0.533. The van der Waals surface area contributed by atoms with Crippen LogP contribution in [0.15, 0.2) is 24.3 Å². The van der Waals surface area contributed by atoms with Crippen molar-refractivity contribution in [3.05, 3.63) is 29.3 Å². The molecule has 2 rings (SSSR count). The number of nitrogens with two attached hydrogens (primary N) is 1. The molecule has 0 spiro atoms. The van der Waals surface area contributed by atoms with Crippen LogP contribution in [0.5, 0.6) is 5.75 Å². The highest BCUT2D eigenvalue weighted by Crippen LogP contribution is 2.26. The second-order valence-electron chi connectivity index (χ2n) is 5.13. The minimum Gasteiger partial charge on any atom is -0.487 e. The van der Waals surface area contributed by atoms with Crippen LogP contribution in [0.25, 0.3) is 0 Å². The van der Waals surface area contributed by atoms with Crippen molar-refractivity contribution in [2.45, 2.75) is 25.0 Å². The number of thioether (sulfide) groups is 1. The Kier molecular flexibility index (Phi) is 6.21. The molecular formula is C15H21ClN2O2S. The molecule has 1 aliphatic heterocycles. The van der Waals surface area contributed by atoms with Gasteiger partial charge in [0.05, 0.1) is 17.6 Å². The maximum absolute atomic E-state index is 12.2. The molecule has 0 bridgehead atoms. The monoisotopic (exact) mass is 328 g/mol. The Morgan fingerprint density at radius 1 is 1.57 bits per heavy atom. The largest absolute Gasteiger partial charge is 0.487 e. The first-order valence-electron chi connectivity index (χ1n) is 7.06. The Balaban J connectivity index is 1.86. The maximum Gasteiger partial charge on any atom is 0.239 e. The van der Waals surface area contributed by atoms with Crippen LogP contribution >= 0.6 is 23.4 Å². The molecule has 6 heteroatoms. The quantitative estimate of drug-likeness (QED) is 0.871. The molecule has 1 heterocycles. The van der Waals surface area contributed by atoms with E-state index in [0.717, 1.165) is 12.2 Å². The van der Waals surface area contributed by atoms with Gasteiger partial charge in [-0.25, -0.2) is 0 Å². The summed E-state index contributed by atoms with van der Waals surface area (Å²) in [5.41, 5.74) is 5.94. The van der Waals surface area contributed by atoms with Gasteiger partial charge in [0, 0.05) is 13.0 Å². The standard InChI is InChI=1S/C15H21ClN2O2S/c1-21-9-7-13(17)15(19)18-8-6-11(10-18)20-14-5-3-2-4-12(14)16/h2-5,11,13H,6-10,17H2,1H3/t11?,13-/m0/s1. The SMILES string of the molecule is CSCC[C@H](N)C(=O)N1CCC(Oc2ccccc2Cl)C1. The summed E-state index contributed by atoms with van der Waals surface area (Å²) in [6, 6.07) is 6.99. The predicted molar refractivity (Wildman–Crippen MR) is 88.0 cm³/mol. The van der Waals surface area contributed by atoms with Gasteiger partial charge in [-0.15, -0.1) is 0 Å². The summed E-state index contributed by atoms with van der Waals surface area (Å²) in [5, 5.41) is 0.596.